The monoisotopic (exact) mass is 498 g/mol. The fourth-order valence-electron chi connectivity index (χ4n) is 7.74. The number of carbonyl (C=O) groups is 1. The molecule has 7 rings (SSSR count). The minimum absolute atomic E-state index is 0.0147. The molecule has 4 bridgehead atoms. The Morgan fingerprint density at radius 2 is 1.43 bits per heavy atom. The molecule has 37 heavy (non-hydrogen) atoms. The highest BCUT2D eigenvalue weighted by molar-refractivity contribution is 5.96. The number of anilines is 2. The average molecular weight is 499 g/mol. The lowest BCUT2D eigenvalue weighted by Crippen LogP contribution is -2.49. The molecule has 3 N–H and O–H groups in total. The molecule has 0 unspecified atom stereocenters. The number of aromatic amines is 1. The molecule has 3 aromatic rings. The number of aromatic nitrogens is 2. The van der Waals surface area contributed by atoms with E-state index in [4.69, 9.17) is 5.73 Å². The standard InChI is InChI=1S/C30H34N4O3/c31-27-26(28(36)32-29(37)34(27)19-21-9-5-2-6-10-21)33(18-20-7-3-1-4-8-20)25(35)17-30-14-22-11-23(15-30)13-24(12-22)16-30/h1-10,22-24H,11-19,31H2,(H,32,36,37). The number of nitrogen functional groups attached to an aromatic ring is 1. The van der Waals surface area contributed by atoms with Crippen molar-refractivity contribution < 1.29 is 4.79 Å². The first-order chi connectivity index (χ1) is 17.9. The van der Waals surface area contributed by atoms with Gasteiger partial charge in [-0.25, -0.2) is 4.79 Å². The Morgan fingerprint density at radius 1 is 0.892 bits per heavy atom. The molecular formula is C30H34N4O3. The largest absolute Gasteiger partial charge is 0.383 e. The zero-order valence-corrected chi connectivity index (χ0v) is 21.1. The van der Waals surface area contributed by atoms with Crippen LogP contribution in [0.15, 0.2) is 70.3 Å². The minimum Gasteiger partial charge on any atom is -0.383 e. The Hall–Kier alpha value is -3.61. The van der Waals surface area contributed by atoms with Crippen molar-refractivity contribution in [2.75, 3.05) is 10.6 Å². The number of benzene rings is 2. The molecule has 0 atom stereocenters. The van der Waals surface area contributed by atoms with Gasteiger partial charge in [0.15, 0.2) is 5.69 Å². The van der Waals surface area contributed by atoms with E-state index in [2.05, 4.69) is 4.98 Å². The van der Waals surface area contributed by atoms with E-state index in [-0.39, 0.29) is 35.9 Å². The summed E-state index contributed by atoms with van der Waals surface area (Å²) in [6.45, 7) is 0.431. The van der Waals surface area contributed by atoms with Gasteiger partial charge in [-0.2, -0.15) is 0 Å². The van der Waals surface area contributed by atoms with Gasteiger partial charge in [0.25, 0.3) is 5.56 Å². The Bertz CT molecular complexity index is 1370. The smallest absolute Gasteiger partial charge is 0.330 e. The van der Waals surface area contributed by atoms with E-state index in [9.17, 15) is 14.4 Å². The van der Waals surface area contributed by atoms with Crippen LogP contribution in [0.4, 0.5) is 11.5 Å². The van der Waals surface area contributed by atoms with Gasteiger partial charge in [0.1, 0.15) is 5.82 Å². The molecule has 0 saturated heterocycles. The highest BCUT2D eigenvalue weighted by Gasteiger charge is 2.52. The van der Waals surface area contributed by atoms with Crippen molar-refractivity contribution in [2.45, 2.75) is 58.0 Å². The molecule has 2 aromatic carbocycles. The second kappa shape index (κ2) is 9.36. The zero-order valence-electron chi connectivity index (χ0n) is 21.1. The van der Waals surface area contributed by atoms with E-state index < -0.39 is 11.2 Å². The van der Waals surface area contributed by atoms with E-state index in [1.54, 1.807) is 0 Å². The Morgan fingerprint density at radius 3 is 2.00 bits per heavy atom. The molecule has 4 aliphatic carbocycles. The van der Waals surface area contributed by atoms with Gasteiger partial charge in [-0.15, -0.1) is 0 Å². The predicted octanol–water partition coefficient (Wildman–Crippen LogP) is 4.31. The second-order valence-electron chi connectivity index (χ2n) is 11.6. The lowest BCUT2D eigenvalue weighted by Gasteiger charge is -2.57. The van der Waals surface area contributed by atoms with Crippen molar-refractivity contribution in [3.05, 3.63) is 92.6 Å². The quantitative estimate of drug-likeness (QED) is 0.507. The molecule has 4 fully saturated rings. The minimum atomic E-state index is -0.624. The van der Waals surface area contributed by atoms with Crippen molar-refractivity contribution >= 4 is 17.4 Å². The third-order valence-electron chi connectivity index (χ3n) is 8.84. The van der Waals surface area contributed by atoms with E-state index in [0.717, 1.165) is 48.1 Å². The van der Waals surface area contributed by atoms with Crippen LogP contribution in [0.5, 0.6) is 0 Å². The van der Waals surface area contributed by atoms with E-state index in [1.165, 1.54) is 28.7 Å². The van der Waals surface area contributed by atoms with Gasteiger partial charge in [-0.05, 0) is 72.8 Å². The summed E-state index contributed by atoms with van der Waals surface area (Å²) in [5.74, 6) is 2.11. The number of H-pyrrole nitrogens is 1. The fraction of sp³-hybridized carbons (Fsp3) is 0.433. The number of carbonyl (C=O) groups excluding carboxylic acids is 1. The van der Waals surface area contributed by atoms with Crippen LogP contribution in [-0.2, 0) is 17.9 Å². The number of nitrogens with zero attached hydrogens (tertiary/aromatic N) is 2. The zero-order chi connectivity index (χ0) is 25.6. The highest BCUT2D eigenvalue weighted by Crippen LogP contribution is 2.61. The summed E-state index contributed by atoms with van der Waals surface area (Å²) in [5.41, 5.74) is 7.19. The Kier molecular flexibility index (Phi) is 6.01. The first-order valence-corrected chi connectivity index (χ1v) is 13.4. The first-order valence-electron chi connectivity index (χ1n) is 13.4. The van der Waals surface area contributed by atoms with Crippen LogP contribution in [0, 0.1) is 23.2 Å². The van der Waals surface area contributed by atoms with Gasteiger partial charge in [-0.3, -0.25) is 19.1 Å². The lowest BCUT2D eigenvalue weighted by molar-refractivity contribution is -0.127. The van der Waals surface area contributed by atoms with Gasteiger partial charge < -0.3 is 10.6 Å². The molecule has 1 heterocycles. The summed E-state index contributed by atoms with van der Waals surface area (Å²) in [6, 6.07) is 19.1. The number of nitrogens with one attached hydrogen (secondary N) is 1. The Labute approximate surface area is 216 Å². The molecule has 4 saturated carbocycles. The summed E-state index contributed by atoms with van der Waals surface area (Å²) in [6.07, 6.45) is 7.63. The SMILES string of the molecule is Nc1c(N(Cc2ccccc2)C(=O)CC23CC4CC(CC(C4)C2)C3)c(=O)[nH]c(=O)n1Cc1ccccc1. The summed E-state index contributed by atoms with van der Waals surface area (Å²) in [7, 11) is 0. The maximum atomic E-state index is 14.1. The van der Waals surface area contributed by atoms with Crippen molar-refractivity contribution in [3.63, 3.8) is 0 Å². The molecule has 4 aliphatic rings. The summed E-state index contributed by atoms with van der Waals surface area (Å²) in [4.78, 5) is 44.1. The van der Waals surface area contributed by atoms with Gasteiger partial charge in [-0.1, -0.05) is 60.7 Å². The van der Waals surface area contributed by atoms with Gasteiger partial charge in [0, 0.05) is 6.42 Å². The van der Waals surface area contributed by atoms with Crippen LogP contribution in [0.1, 0.15) is 56.1 Å². The first kappa shape index (κ1) is 23.8. The van der Waals surface area contributed by atoms with E-state index >= 15 is 0 Å². The van der Waals surface area contributed by atoms with Crippen molar-refractivity contribution in [3.8, 4) is 0 Å². The van der Waals surface area contributed by atoms with Crippen LogP contribution in [0.2, 0.25) is 0 Å². The fourth-order valence-corrected chi connectivity index (χ4v) is 7.74. The second-order valence-corrected chi connectivity index (χ2v) is 11.6. The number of hydrogen-bond acceptors (Lipinski definition) is 4. The van der Waals surface area contributed by atoms with Crippen molar-refractivity contribution in [1.29, 1.82) is 0 Å². The van der Waals surface area contributed by atoms with Gasteiger partial charge in [0.2, 0.25) is 5.91 Å². The molecule has 0 spiro atoms. The normalized spacial score (nSPS) is 25.8. The number of amides is 1. The van der Waals surface area contributed by atoms with Crippen LogP contribution >= 0.6 is 0 Å². The van der Waals surface area contributed by atoms with E-state index in [1.807, 2.05) is 60.7 Å². The topological polar surface area (TPSA) is 101 Å². The summed E-state index contributed by atoms with van der Waals surface area (Å²) < 4.78 is 1.35. The van der Waals surface area contributed by atoms with Crippen LogP contribution < -0.4 is 21.9 Å². The molecule has 0 radical (unpaired) electrons. The predicted molar refractivity (Wildman–Crippen MR) is 144 cm³/mol. The van der Waals surface area contributed by atoms with Gasteiger partial charge in [0.05, 0.1) is 13.1 Å². The van der Waals surface area contributed by atoms with Gasteiger partial charge >= 0.3 is 5.69 Å². The van der Waals surface area contributed by atoms with Crippen LogP contribution in [0.25, 0.3) is 0 Å². The molecule has 7 heteroatoms. The maximum Gasteiger partial charge on any atom is 0.330 e. The third kappa shape index (κ3) is 4.63. The summed E-state index contributed by atoms with van der Waals surface area (Å²) in [5, 5.41) is 0. The van der Waals surface area contributed by atoms with Crippen molar-refractivity contribution in [1.82, 2.24) is 9.55 Å². The third-order valence-corrected chi connectivity index (χ3v) is 8.84. The van der Waals surface area contributed by atoms with Crippen LogP contribution in [-0.4, -0.2) is 15.5 Å². The van der Waals surface area contributed by atoms with E-state index in [0.29, 0.717) is 6.42 Å². The van der Waals surface area contributed by atoms with Crippen molar-refractivity contribution in [2.24, 2.45) is 23.2 Å². The molecule has 1 amide bonds. The average Bonchev–Trinajstić information content (AvgIpc) is 2.86. The lowest BCUT2D eigenvalue weighted by atomic mass is 9.49. The number of nitrogens with two attached hydrogens (primary N) is 1. The highest BCUT2D eigenvalue weighted by atomic mass is 16.2. The molecule has 192 valence electrons. The number of rotatable bonds is 7. The summed E-state index contributed by atoms with van der Waals surface area (Å²) >= 11 is 0. The molecule has 7 nitrogen and oxygen atoms in total. The molecular weight excluding hydrogens is 464 g/mol. The van der Waals surface area contributed by atoms with Crippen LogP contribution in [0.3, 0.4) is 0 Å². The molecule has 0 aliphatic heterocycles. The maximum absolute atomic E-state index is 14.1. The Balaban J connectivity index is 1.38. The molecule has 1 aromatic heterocycles. The number of hydrogen-bond donors (Lipinski definition) is 2.